The predicted molar refractivity (Wildman–Crippen MR) is 85.0 cm³/mol. The molecule has 0 aliphatic carbocycles. The molecule has 19 heavy (non-hydrogen) atoms. The van der Waals surface area contributed by atoms with Gasteiger partial charge in [-0.2, -0.15) is 0 Å². The number of benzene rings is 1. The molecule has 3 atom stereocenters. The van der Waals surface area contributed by atoms with Gasteiger partial charge in [0.2, 0.25) is 0 Å². The molecule has 102 valence electrons. The standard InChI is InChI=1S/C15H19NOS2/c1-10-11(2)18-15(17-10)14(3,4)16-13(19-15)12-8-6-5-7-9-12/h5-11H,1-4H3/t10-,11+,15+/m1/s1. The highest BCUT2D eigenvalue weighted by Gasteiger charge is 2.59. The fraction of sp³-hybridized carbons (Fsp3) is 0.533. The van der Waals surface area contributed by atoms with Crippen molar-refractivity contribution >= 4 is 28.6 Å². The number of rotatable bonds is 1. The Balaban J connectivity index is 1.94. The third-order valence-electron chi connectivity index (χ3n) is 3.73. The van der Waals surface area contributed by atoms with Crippen LogP contribution >= 0.6 is 23.5 Å². The van der Waals surface area contributed by atoms with Gasteiger partial charge in [-0.05, 0) is 20.8 Å². The Morgan fingerprint density at radius 3 is 2.42 bits per heavy atom. The highest BCUT2D eigenvalue weighted by molar-refractivity contribution is 8.26. The number of nitrogens with zero attached hydrogens (tertiary/aromatic N) is 1. The summed E-state index contributed by atoms with van der Waals surface area (Å²) in [4.78, 5) is 4.93. The van der Waals surface area contributed by atoms with E-state index in [2.05, 4.69) is 52.0 Å². The third kappa shape index (κ3) is 2.14. The van der Waals surface area contributed by atoms with Crippen molar-refractivity contribution in [3.05, 3.63) is 35.9 Å². The average molecular weight is 293 g/mol. The van der Waals surface area contributed by atoms with Gasteiger partial charge in [0.05, 0.1) is 6.10 Å². The van der Waals surface area contributed by atoms with E-state index in [0.717, 1.165) is 5.04 Å². The van der Waals surface area contributed by atoms with Gasteiger partial charge in [0, 0.05) is 10.8 Å². The molecular weight excluding hydrogens is 274 g/mol. The second-order valence-electron chi connectivity index (χ2n) is 5.65. The Morgan fingerprint density at radius 1 is 1.16 bits per heavy atom. The Bertz CT molecular complexity index is 502. The Morgan fingerprint density at radius 2 is 1.84 bits per heavy atom. The quantitative estimate of drug-likeness (QED) is 0.776. The molecule has 2 heterocycles. The zero-order valence-corrected chi connectivity index (χ0v) is 13.3. The topological polar surface area (TPSA) is 21.6 Å². The second kappa shape index (κ2) is 4.54. The fourth-order valence-corrected chi connectivity index (χ4v) is 5.79. The second-order valence-corrected chi connectivity index (χ2v) is 8.62. The van der Waals surface area contributed by atoms with E-state index in [9.17, 15) is 0 Å². The van der Waals surface area contributed by atoms with Crippen LogP contribution in [0.15, 0.2) is 35.3 Å². The van der Waals surface area contributed by atoms with E-state index in [1.165, 1.54) is 5.56 Å². The molecule has 1 aromatic carbocycles. The zero-order chi connectivity index (χ0) is 13.7. The lowest BCUT2D eigenvalue weighted by Gasteiger charge is -2.33. The summed E-state index contributed by atoms with van der Waals surface area (Å²) in [6.07, 6.45) is 0.280. The molecule has 0 saturated carbocycles. The first-order valence-electron chi connectivity index (χ1n) is 6.63. The number of hydrogen-bond acceptors (Lipinski definition) is 4. The van der Waals surface area contributed by atoms with Gasteiger partial charge in [-0.1, -0.05) is 49.0 Å². The summed E-state index contributed by atoms with van der Waals surface area (Å²) >= 11 is 3.69. The molecule has 1 aromatic rings. The van der Waals surface area contributed by atoms with Crippen LogP contribution in [0.25, 0.3) is 0 Å². The number of thioether (sulfide) groups is 2. The fourth-order valence-electron chi connectivity index (χ4n) is 2.35. The van der Waals surface area contributed by atoms with Crippen LogP contribution in [0.4, 0.5) is 0 Å². The molecule has 1 saturated heterocycles. The van der Waals surface area contributed by atoms with Gasteiger partial charge in [-0.3, -0.25) is 4.99 Å². The highest BCUT2D eigenvalue weighted by Crippen LogP contribution is 2.60. The van der Waals surface area contributed by atoms with Crippen molar-refractivity contribution in [1.82, 2.24) is 0 Å². The Hall–Kier alpha value is -0.450. The molecule has 2 nitrogen and oxygen atoms in total. The predicted octanol–water partition coefficient (Wildman–Crippen LogP) is 4.15. The lowest BCUT2D eigenvalue weighted by atomic mass is 10.1. The zero-order valence-electron chi connectivity index (χ0n) is 11.7. The van der Waals surface area contributed by atoms with Gasteiger partial charge < -0.3 is 4.74 Å². The molecule has 3 rings (SSSR count). The Kier molecular flexibility index (Phi) is 3.23. The SMILES string of the molecule is C[C@@H]1S[C@]2(O[C@@H]1C)SC(c1ccccc1)=NC2(C)C. The van der Waals surface area contributed by atoms with E-state index < -0.39 is 0 Å². The largest absolute Gasteiger partial charge is 0.348 e. The first-order chi connectivity index (χ1) is 8.94. The molecule has 2 aliphatic rings. The lowest BCUT2D eigenvalue weighted by Crippen LogP contribution is -2.40. The van der Waals surface area contributed by atoms with Crippen LogP contribution in [0, 0.1) is 0 Å². The van der Waals surface area contributed by atoms with Crippen LogP contribution in [0.1, 0.15) is 33.3 Å². The summed E-state index contributed by atoms with van der Waals surface area (Å²) in [6.45, 7) is 8.74. The van der Waals surface area contributed by atoms with E-state index >= 15 is 0 Å². The van der Waals surface area contributed by atoms with E-state index in [0.29, 0.717) is 5.25 Å². The van der Waals surface area contributed by atoms with Crippen molar-refractivity contribution in [1.29, 1.82) is 0 Å². The van der Waals surface area contributed by atoms with Crippen LogP contribution in [-0.2, 0) is 4.74 Å². The Labute approximate surface area is 123 Å². The van der Waals surface area contributed by atoms with Gasteiger partial charge in [0.15, 0.2) is 4.27 Å². The molecule has 1 spiro atoms. The van der Waals surface area contributed by atoms with Crippen molar-refractivity contribution in [2.45, 2.75) is 48.9 Å². The first-order valence-corrected chi connectivity index (χ1v) is 8.33. The van der Waals surface area contributed by atoms with Crippen LogP contribution in [0.5, 0.6) is 0 Å². The monoisotopic (exact) mass is 293 g/mol. The smallest absolute Gasteiger partial charge is 0.191 e. The van der Waals surface area contributed by atoms with Crippen molar-refractivity contribution in [3.8, 4) is 0 Å². The molecular formula is C15H19NOS2. The van der Waals surface area contributed by atoms with Crippen LogP contribution < -0.4 is 0 Å². The average Bonchev–Trinajstić information content (AvgIpc) is 2.79. The number of hydrogen-bond donors (Lipinski definition) is 0. The molecule has 0 amide bonds. The number of aliphatic imine (C=N–C) groups is 1. The van der Waals surface area contributed by atoms with Gasteiger partial charge in [-0.25, -0.2) is 0 Å². The highest BCUT2D eigenvalue weighted by atomic mass is 32.2. The maximum atomic E-state index is 6.30. The van der Waals surface area contributed by atoms with Crippen molar-refractivity contribution in [2.75, 3.05) is 0 Å². The third-order valence-corrected chi connectivity index (χ3v) is 7.31. The molecule has 0 aromatic heterocycles. The molecule has 2 aliphatic heterocycles. The molecule has 0 bridgehead atoms. The van der Waals surface area contributed by atoms with E-state index in [4.69, 9.17) is 9.73 Å². The first kappa shape index (κ1) is 13.5. The van der Waals surface area contributed by atoms with Crippen molar-refractivity contribution < 1.29 is 4.74 Å². The van der Waals surface area contributed by atoms with Gasteiger partial charge in [0.1, 0.15) is 10.6 Å². The van der Waals surface area contributed by atoms with Crippen LogP contribution in [0.3, 0.4) is 0 Å². The van der Waals surface area contributed by atoms with E-state index in [1.54, 1.807) is 11.8 Å². The summed E-state index contributed by atoms with van der Waals surface area (Å²) in [5.74, 6) is 0. The maximum absolute atomic E-state index is 6.30. The maximum Gasteiger partial charge on any atom is 0.191 e. The normalized spacial score (nSPS) is 36.7. The van der Waals surface area contributed by atoms with E-state index in [-0.39, 0.29) is 15.9 Å². The van der Waals surface area contributed by atoms with Crippen LogP contribution in [0.2, 0.25) is 0 Å². The summed E-state index contributed by atoms with van der Waals surface area (Å²) in [5, 5.41) is 1.61. The molecule has 1 fully saturated rings. The minimum atomic E-state index is -0.267. The van der Waals surface area contributed by atoms with E-state index in [1.807, 2.05) is 17.8 Å². The van der Waals surface area contributed by atoms with Gasteiger partial charge >= 0.3 is 0 Å². The van der Waals surface area contributed by atoms with Crippen LogP contribution in [-0.4, -0.2) is 26.2 Å². The summed E-state index contributed by atoms with van der Waals surface area (Å²) in [7, 11) is 0. The minimum absolute atomic E-state index is 0.202. The van der Waals surface area contributed by atoms with Gasteiger partial charge in [-0.15, -0.1) is 11.8 Å². The van der Waals surface area contributed by atoms with Gasteiger partial charge in [0.25, 0.3) is 0 Å². The molecule has 0 unspecified atom stereocenters. The number of ether oxygens (including phenoxy) is 1. The molecule has 0 radical (unpaired) electrons. The van der Waals surface area contributed by atoms with Crippen molar-refractivity contribution in [2.24, 2.45) is 4.99 Å². The summed E-state index contributed by atoms with van der Waals surface area (Å²) in [5.41, 5.74) is 0.987. The minimum Gasteiger partial charge on any atom is -0.348 e. The lowest BCUT2D eigenvalue weighted by molar-refractivity contribution is 0.0177. The molecule has 0 N–H and O–H groups in total. The molecule has 4 heteroatoms. The summed E-state index contributed by atoms with van der Waals surface area (Å²) in [6, 6.07) is 10.4. The summed E-state index contributed by atoms with van der Waals surface area (Å²) < 4.78 is 6.03. The van der Waals surface area contributed by atoms with Crippen molar-refractivity contribution in [3.63, 3.8) is 0 Å².